The minimum atomic E-state index is -4.40. The lowest BCUT2D eigenvalue weighted by molar-refractivity contribution is -0.870. The third-order valence-corrected chi connectivity index (χ3v) is 17.9. The van der Waals surface area contributed by atoms with E-state index in [1.165, 1.54) is 238 Å². The van der Waals surface area contributed by atoms with E-state index in [0.29, 0.717) is 17.4 Å². The summed E-state index contributed by atoms with van der Waals surface area (Å²) in [6.07, 6.45) is 97.2. The Hall–Kier alpha value is -2.81. The predicted molar refractivity (Wildman–Crippen MR) is 390 cm³/mol. The molecule has 2 atom stereocenters. The van der Waals surface area contributed by atoms with Crippen LogP contribution in [0.1, 0.15) is 361 Å². The molecule has 0 aliphatic carbocycles. The first kappa shape index (κ1) is 87.2. The number of rotatable bonds is 71. The van der Waals surface area contributed by atoms with Gasteiger partial charge in [-0.05, 0) is 70.6 Å². The lowest BCUT2D eigenvalue weighted by Crippen LogP contribution is -2.37. The third kappa shape index (κ3) is 74.2. The zero-order chi connectivity index (χ0) is 65.5. The van der Waals surface area contributed by atoms with Gasteiger partial charge in [0.05, 0.1) is 27.7 Å². The summed E-state index contributed by atoms with van der Waals surface area (Å²) >= 11 is 0. The summed E-state index contributed by atoms with van der Waals surface area (Å²) in [5, 5.41) is 0. The van der Waals surface area contributed by atoms with Gasteiger partial charge >= 0.3 is 19.8 Å². The van der Waals surface area contributed by atoms with Crippen molar-refractivity contribution in [1.29, 1.82) is 0 Å². The summed E-state index contributed by atoms with van der Waals surface area (Å²) in [5.74, 6) is -0.792. The van der Waals surface area contributed by atoms with E-state index in [2.05, 4.69) is 98.9 Å². The Morgan fingerprint density at radius 3 is 0.944 bits per heavy atom. The number of hydrogen-bond donors (Lipinski definition) is 1. The molecule has 1 N–H and O–H groups in total. The normalized spacial score (nSPS) is 13.5. The van der Waals surface area contributed by atoms with Crippen LogP contribution >= 0.6 is 7.82 Å². The zero-order valence-electron chi connectivity index (χ0n) is 59.9. The Labute approximate surface area is 558 Å². The van der Waals surface area contributed by atoms with Crippen LogP contribution in [-0.2, 0) is 32.7 Å². The fourth-order valence-electron chi connectivity index (χ4n) is 11.1. The van der Waals surface area contributed by atoms with Crippen LogP contribution < -0.4 is 0 Å². The SMILES string of the molecule is CC/C=C\C/C=C\C/C=C\C/C=C\C/C=C\C/C=C\C/C=C\CCCCCCCCCCCC(=O)OC(COC(=O)CCCCCCCCCCCCCCCCCCCCCCCCCCCCCCCCCCCCC)COP(=O)(O)OCC[N+](C)(C)C. The van der Waals surface area contributed by atoms with E-state index in [0.717, 1.165) is 89.9 Å². The summed E-state index contributed by atoms with van der Waals surface area (Å²) in [4.78, 5) is 35.9. The number of carbonyl (C=O) groups is 2. The first-order chi connectivity index (χ1) is 44.0. The molecule has 0 fully saturated rings. The minimum absolute atomic E-state index is 0.0287. The summed E-state index contributed by atoms with van der Waals surface area (Å²) < 4.78 is 34.8. The molecule has 0 aromatic rings. The Balaban J connectivity index is 3.99. The van der Waals surface area contributed by atoms with E-state index in [4.69, 9.17) is 18.5 Å². The molecular formula is C80H147NO8P+. The van der Waals surface area contributed by atoms with Crippen molar-refractivity contribution >= 4 is 19.8 Å². The maximum Gasteiger partial charge on any atom is 0.472 e. The number of ether oxygens (including phenoxy) is 2. The van der Waals surface area contributed by atoms with Crippen LogP contribution in [0.15, 0.2) is 85.1 Å². The van der Waals surface area contributed by atoms with Crippen molar-refractivity contribution in [2.45, 2.75) is 367 Å². The van der Waals surface area contributed by atoms with E-state index in [-0.39, 0.29) is 32.0 Å². The van der Waals surface area contributed by atoms with E-state index < -0.39 is 26.5 Å². The molecule has 0 spiro atoms. The van der Waals surface area contributed by atoms with E-state index in [1.54, 1.807) is 0 Å². The van der Waals surface area contributed by atoms with E-state index in [1.807, 2.05) is 21.1 Å². The number of phosphoric ester groups is 1. The summed E-state index contributed by atoms with van der Waals surface area (Å²) in [6, 6.07) is 0. The second-order valence-corrected chi connectivity index (χ2v) is 28.5. The van der Waals surface area contributed by atoms with Crippen molar-refractivity contribution in [3.63, 3.8) is 0 Å². The van der Waals surface area contributed by atoms with Crippen molar-refractivity contribution in [3.05, 3.63) is 85.1 Å². The number of hydrogen-bond acceptors (Lipinski definition) is 7. The van der Waals surface area contributed by atoms with Crippen molar-refractivity contribution in [1.82, 2.24) is 0 Å². The molecular weight excluding hydrogens is 1130 g/mol. The number of nitrogens with zero attached hydrogens (tertiary/aromatic N) is 1. The van der Waals surface area contributed by atoms with Gasteiger partial charge in [0.15, 0.2) is 6.10 Å². The molecule has 0 radical (unpaired) electrons. The average Bonchev–Trinajstić information content (AvgIpc) is 3.58. The van der Waals surface area contributed by atoms with Gasteiger partial charge in [-0.2, -0.15) is 0 Å². The summed E-state index contributed by atoms with van der Waals surface area (Å²) in [5.41, 5.74) is 0. The smallest absolute Gasteiger partial charge is 0.462 e. The van der Waals surface area contributed by atoms with Gasteiger partial charge in [0, 0.05) is 12.8 Å². The highest BCUT2D eigenvalue weighted by atomic mass is 31.2. The molecule has 0 saturated heterocycles. The number of carbonyl (C=O) groups excluding carboxylic acids is 2. The zero-order valence-corrected chi connectivity index (χ0v) is 60.8. The molecule has 2 unspecified atom stereocenters. The maximum atomic E-state index is 12.9. The summed E-state index contributed by atoms with van der Waals surface area (Å²) in [7, 11) is 1.48. The lowest BCUT2D eigenvalue weighted by Gasteiger charge is -2.24. The number of esters is 2. The fraction of sp³-hybridized carbons (Fsp3) is 0.800. The minimum Gasteiger partial charge on any atom is -0.462 e. The quantitative estimate of drug-likeness (QED) is 0.0211. The molecule has 9 nitrogen and oxygen atoms in total. The number of likely N-dealkylation sites (N-methyl/N-ethyl adjacent to an activating group) is 1. The molecule has 0 aromatic carbocycles. The summed E-state index contributed by atoms with van der Waals surface area (Å²) in [6.45, 7) is 4.36. The van der Waals surface area contributed by atoms with Gasteiger partial charge in [0.2, 0.25) is 0 Å². The molecule has 0 aliphatic heterocycles. The molecule has 0 rings (SSSR count). The first-order valence-corrected chi connectivity index (χ1v) is 39.8. The fourth-order valence-corrected chi connectivity index (χ4v) is 11.9. The maximum absolute atomic E-state index is 12.9. The monoisotopic (exact) mass is 1280 g/mol. The molecule has 0 aromatic heterocycles. The van der Waals surface area contributed by atoms with Crippen LogP contribution in [0.4, 0.5) is 0 Å². The number of phosphoric acid groups is 1. The van der Waals surface area contributed by atoms with Crippen LogP contribution in [0, 0.1) is 0 Å². The van der Waals surface area contributed by atoms with Crippen molar-refractivity contribution in [2.75, 3.05) is 47.5 Å². The molecule has 90 heavy (non-hydrogen) atoms. The molecule has 0 saturated carbocycles. The second-order valence-electron chi connectivity index (χ2n) is 27.0. The van der Waals surface area contributed by atoms with Gasteiger partial charge in [-0.25, -0.2) is 4.57 Å². The Bertz CT molecular complexity index is 1800. The number of allylic oxidation sites excluding steroid dienone is 14. The molecule has 0 aliphatic rings. The van der Waals surface area contributed by atoms with Crippen molar-refractivity contribution in [2.24, 2.45) is 0 Å². The standard InChI is InChI=1S/C80H146NO8P/c1-6-8-10-12-14-16-18-20-22-24-26-28-30-32-34-36-38-39-40-41-43-44-46-48-50-52-54-56-58-60-62-64-66-68-70-72-79(82)86-76-78(77-88-90(84,85)87-75-74-81(3,4)5)89-80(83)73-71-69-67-65-63-61-59-57-55-53-51-49-47-45-42-37-35-33-31-29-27-25-23-21-19-17-15-13-11-9-7-2/h9,11,15,17,21,23,27,29,33,35,42,45,49,51,78H,6-8,10,12-14,16,18-20,22,24-26,28,30-32,34,36-41,43-44,46-48,50,52-77H2,1-5H3/p+1/b11-9-,17-15-,23-21-,29-27-,35-33-,45-42-,51-49-. The van der Waals surface area contributed by atoms with Crippen molar-refractivity contribution < 1.29 is 42.1 Å². The number of unbranched alkanes of at least 4 members (excludes halogenated alkanes) is 43. The van der Waals surface area contributed by atoms with Crippen LogP contribution in [0.25, 0.3) is 0 Å². The van der Waals surface area contributed by atoms with Gasteiger partial charge in [-0.3, -0.25) is 18.6 Å². The first-order valence-electron chi connectivity index (χ1n) is 38.3. The Morgan fingerprint density at radius 2 is 0.633 bits per heavy atom. The molecule has 524 valence electrons. The van der Waals surface area contributed by atoms with E-state index >= 15 is 0 Å². The Kier molecular flexibility index (Phi) is 68.3. The second kappa shape index (κ2) is 70.5. The highest BCUT2D eigenvalue weighted by molar-refractivity contribution is 7.47. The van der Waals surface area contributed by atoms with Gasteiger partial charge in [0.1, 0.15) is 19.8 Å². The van der Waals surface area contributed by atoms with Crippen LogP contribution in [0.3, 0.4) is 0 Å². The average molecular weight is 1280 g/mol. The van der Waals surface area contributed by atoms with Gasteiger partial charge in [0.25, 0.3) is 0 Å². The Morgan fingerprint density at radius 1 is 0.356 bits per heavy atom. The van der Waals surface area contributed by atoms with Gasteiger partial charge < -0.3 is 18.9 Å². The van der Waals surface area contributed by atoms with E-state index in [9.17, 15) is 19.0 Å². The largest absolute Gasteiger partial charge is 0.472 e. The number of quaternary nitrogens is 1. The predicted octanol–water partition coefficient (Wildman–Crippen LogP) is 25.3. The van der Waals surface area contributed by atoms with Gasteiger partial charge in [-0.1, -0.05) is 362 Å². The molecule has 0 bridgehead atoms. The molecule has 10 heteroatoms. The van der Waals surface area contributed by atoms with Crippen LogP contribution in [0.5, 0.6) is 0 Å². The topological polar surface area (TPSA) is 108 Å². The highest BCUT2D eigenvalue weighted by Crippen LogP contribution is 2.43. The molecule has 0 heterocycles. The van der Waals surface area contributed by atoms with Gasteiger partial charge in [-0.15, -0.1) is 0 Å². The molecule has 0 amide bonds. The lowest BCUT2D eigenvalue weighted by atomic mass is 10.0. The van der Waals surface area contributed by atoms with Crippen LogP contribution in [-0.4, -0.2) is 74.9 Å². The van der Waals surface area contributed by atoms with Crippen LogP contribution in [0.2, 0.25) is 0 Å². The highest BCUT2D eigenvalue weighted by Gasteiger charge is 2.27. The third-order valence-electron chi connectivity index (χ3n) is 16.9. The van der Waals surface area contributed by atoms with Crippen molar-refractivity contribution in [3.8, 4) is 0 Å².